The fourth-order valence-electron chi connectivity index (χ4n) is 1.52. The molecule has 5 nitrogen and oxygen atoms in total. The molecule has 0 N–H and O–H groups in total. The second-order valence-corrected chi connectivity index (χ2v) is 3.43. The van der Waals surface area contributed by atoms with Crippen molar-refractivity contribution in [3.63, 3.8) is 0 Å². The number of hydrogen-bond acceptors (Lipinski definition) is 5. The summed E-state index contributed by atoms with van der Waals surface area (Å²) < 4.78 is 15.1. The molecule has 0 amide bonds. The molecule has 5 heteroatoms. The third kappa shape index (κ3) is 2.92. The summed E-state index contributed by atoms with van der Waals surface area (Å²) in [5, 5.41) is 9.04. The highest BCUT2D eigenvalue weighted by Crippen LogP contribution is 2.30. The molecule has 0 saturated carbocycles. The van der Waals surface area contributed by atoms with Gasteiger partial charge in [0.1, 0.15) is 0 Å². The number of carbonyl (C=O) groups is 1. The van der Waals surface area contributed by atoms with Gasteiger partial charge in [-0.2, -0.15) is 5.26 Å². The highest BCUT2D eigenvalue weighted by atomic mass is 16.5. The molecule has 1 rings (SSSR count). The first kappa shape index (κ1) is 13.8. The predicted molar refractivity (Wildman–Crippen MR) is 64.5 cm³/mol. The molecule has 0 saturated heterocycles. The van der Waals surface area contributed by atoms with Crippen LogP contribution in [0.3, 0.4) is 0 Å². The molecule has 0 unspecified atom stereocenters. The van der Waals surface area contributed by atoms with Gasteiger partial charge in [-0.25, -0.2) is 0 Å². The molecule has 0 aromatic heterocycles. The van der Waals surface area contributed by atoms with Crippen molar-refractivity contribution in [3.8, 4) is 17.6 Å². The molecule has 1 aromatic carbocycles. The average molecular weight is 249 g/mol. The maximum Gasteiger partial charge on any atom is 0.327 e. The standard InChI is InChI=1S/C13H15NO4/c1-4-18-13(15)10(8-14)9-5-6-11(16-2)12(7-9)17-3/h5-7,10H,4H2,1-3H3/t10-/m0/s1. The van der Waals surface area contributed by atoms with E-state index < -0.39 is 11.9 Å². The quantitative estimate of drug-likeness (QED) is 0.745. The van der Waals surface area contributed by atoms with E-state index in [2.05, 4.69) is 0 Å². The lowest BCUT2D eigenvalue weighted by Gasteiger charge is -2.12. The fraction of sp³-hybridized carbons (Fsp3) is 0.385. The first-order valence-electron chi connectivity index (χ1n) is 5.46. The number of hydrogen-bond donors (Lipinski definition) is 0. The lowest BCUT2D eigenvalue weighted by Crippen LogP contribution is -2.14. The molecular formula is C13H15NO4. The number of benzene rings is 1. The van der Waals surface area contributed by atoms with Crippen LogP contribution in [0.2, 0.25) is 0 Å². The zero-order chi connectivity index (χ0) is 13.5. The topological polar surface area (TPSA) is 68.6 Å². The van der Waals surface area contributed by atoms with E-state index in [1.807, 2.05) is 6.07 Å². The third-order valence-electron chi connectivity index (χ3n) is 2.39. The number of nitriles is 1. The van der Waals surface area contributed by atoms with Gasteiger partial charge in [0.25, 0.3) is 0 Å². The molecule has 0 aliphatic heterocycles. The molecule has 96 valence electrons. The predicted octanol–water partition coefficient (Wildman–Crippen LogP) is 1.87. The fourth-order valence-corrected chi connectivity index (χ4v) is 1.52. The van der Waals surface area contributed by atoms with E-state index in [4.69, 9.17) is 19.5 Å². The lowest BCUT2D eigenvalue weighted by atomic mass is 10.0. The van der Waals surface area contributed by atoms with Crippen LogP contribution in [0.1, 0.15) is 18.4 Å². The minimum absolute atomic E-state index is 0.240. The highest BCUT2D eigenvalue weighted by molar-refractivity contribution is 5.81. The molecule has 1 atom stereocenters. The van der Waals surface area contributed by atoms with Crippen LogP contribution in [0.4, 0.5) is 0 Å². The Morgan fingerprint density at radius 1 is 1.33 bits per heavy atom. The van der Waals surface area contributed by atoms with E-state index in [1.54, 1.807) is 25.1 Å². The summed E-state index contributed by atoms with van der Waals surface area (Å²) in [6.07, 6.45) is 0. The van der Waals surface area contributed by atoms with Crippen LogP contribution in [-0.2, 0) is 9.53 Å². The van der Waals surface area contributed by atoms with Crippen LogP contribution < -0.4 is 9.47 Å². The van der Waals surface area contributed by atoms with E-state index >= 15 is 0 Å². The summed E-state index contributed by atoms with van der Waals surface area (Å²) in [5.41, 5.74) is 0.522. The summed E-state index contributed by atoms with van der Waals surface area (Å²) in [5.74, 6) is -0.502. The van der Waals surface area contributed by atoms with E-state index in [1.165, 1.54) is 14.2 Å². The van der Waals surface area contributed by atoms with Crippen molar-refractivity contribution >= 4 is 5.97 Å². The number of methoxy groups -OCH3 is 2. The Balaban J connectivity index is 3.08. The summed E-state index contributed by atoms with van der Waals surface area (Å²) >= 11 is 0. The van der Waals surface area contributed by atoms with Crippen LogP contribution in [-0.4, -0.2) is 26.8 Å². The molecule has 1 aromatic rings. The normalized spacial score (nSPS) is 11.2. The Hall–Kier alpha value is -2.22. The average Bonchev–Trinajstić information content (AvgIpc) is 2.39. The van der Waals surface area contributed by atoms with Crippen molar-refractivity contribution in [1.82, 2.24) is 0 Å². The van der Waals surface area contributed by atoms with Crippen molar-refractivity contribution in [3.05, 3.63) is 23.8 Å². The summed E-state index contributed by atoms with van der Waals surface area (Å²) in [4.78, 5) is 11.6. The highest BCUT2D eigenvalue weighted by Gasteiger charge is 2.22. The Morgan fingerprint density at radius 3 is 2.50 bits per heavy atom. The first-order valence-corrected chi connectivity index (χ1v) is 5.46. The largest absolute Gasteiger partial charge is 0.493 e. The van der Waals surface area contributed by atoms with Crippen LogP contribution in [0.15, 0.2) is 18.2 Å². The van der Waals surface area contributed by atoms with Gasteiger partial charge in [-0.1, -0.05) is 6.07 Å². The van der Waals surface area contributed by atoms with Crippen molar-refractivity contribution < 1.29 is 19.0 Å². The van der Waals surface area contributed by atoms with Gasteiger partial charge in [0.15, 0.2) is 17.4 Å². The zero-order valence-corrected chi connectivity index (χ0v) is 10.6. The molecule has 0 aliphatic carbocycles. The van der Waals surface area contributed by atoms with Crippen molar-refractivity contribution in [2.45, 2.75) is 12.8 Å². The molecule has 0 radical (unpaired) electrons. The van der Waals surface area contributed by atoms with E-state index in [0.717, 1.165) is 0 Å². The maximum atomic E-state index is 11.6. The summed E-state index contributed by atoms with van der Waals surface area (Å²) in [6.45, 7) is 1.94. The second-order valence-electron chi connectivity index (χ2n) is 3.43. The minimum Gasteiger partial charge on any atom is -0.493 e. The molecule has 18 heavy (non-hydrogen) atoms. The number of ether oxygens (including phenoxy) is 3. The minimum atomic E-state index is -0.954. The lowest BCUT2D eigenvalue weighted by molar-refractivity contribution is -0.143. The van der Waals surface area contributed by atoms with Gasteiger partial charge in [-0.05, 0) is 24.6 Å². The summed E-state index contributed by atoms with van der Waals surface area (Å²) in [7, 11) is 3.01. The Bertz CT molecular complexity index is 465. The van der Waals surface area contributed by atoms with Crippen LogP contribution in [0.5, 0.6) is 11.5 Å². The zero-order valence-electron chi connectivity index (χ0n) is 10.6. The number of nitrogens with zero attached hydrogens (tertiary/aromatic N) is 1. The van der Waals surface area contributed by atoms with Crippen LogP contribution >= 0.6 is 0 Å². The number of rotatable bonds is 5. The second kappa shape index (κ2) is 6.50. The number of carbonyl (C=O) groups excluding carboxylic acids is 1. The van der Waals surface area contributed by atoms with Crippen LogP contribution in [0.25, 0.3) is 0 Å². The van der Waals surface area contributed by atoms with Gasteiger partial charge in [-0.15, -0.1) is 0 Å². The van der Waals surface area contributed by atoms with Gasteiger partial charge >= 0.3 is 5.97 Å². The SMILES string of the molecule is CCOC(=O)[C@@H](C#N)c1ccc(OC)c(OC)c1. The van der Waals surface area contributed by atoms with Crippen molar-refractivity contribution in [2.24, 2.45) is 0 Å². The molecule has 0 bridgehead atoms. The van der Waals surface area contributed by atoms with E-state index in [9.17, 15) is 4.79 Å². The molecule has 0 spiro atoms. The van der Waals surface area contributed by atoms with E-state index in [-0.39, 0.29) is 6.61 Å². The monoisotopic (exact) mass is 249 g/mol. The Kier molecular flexibility index (Phi) is 5.00. The first-order chi connectivity index (χ1) is 8.67. The van der Waals surface area contributed by atoms with Gasteiger partial charge < -0.3 is 14.2 Å². The molecule has 0 aliphatic rings. The van der Waals surface area contributed by atoms with E-state index in [0.29, 0.717) is 17.1 Å². The molecular weight excluding hydrogens is 234 g/mol. The Labute approximate surface area is 106 Å². The maximum absolute atomic E-state index is 11.6. The molecule has 0 fully saturated rings. The van der Waals surface area contributed by atoms with Crippen molar-refractivity contribution in [2.75, 3.05) is 20.8 Å². The third-order valence-corrected chi connectivity index (χ3v) is 2.39. The molecule has 0 heterocycles. The van der Waals surface area contributed by atoms with Gasteiger partial charge in [-0.3, -0.25) is 4.79 Å². The van der Waals surface area contributed by atoms with Gasteiger partial charge in [0.2, 0.25) is 0 Å². The Morgan fingerprint density at radius 2 is 2.00 bits per heavy atom. The van der Waals surface area contributed by atoms with Gasteiger partial charge in [0, 0.05) is 0 Å². The van der Waals surface area contributed by atoms with Crippen LogP contribution in [0, 0.1) is 11.3 Å². The summed E-state index contributed by atoms with van der Waals surface area (Å²) in [6, 6.07) is 6.82. The number of esters is 1. The van der Waals surface area contributed by atoms with Crippen molar-refractivity contribution in [1.29, 1.82) is 5.26 Å². The smallest absolute Gasteiger partial charge is 0.327 e. The van der Waals surface area contributed by atoms with Gasteiger partial charge in [0.05, 0.1) is 26.9 Å².